The van der Waals surface area contributed by atoms with Crippen LogP contribution in [0.4, 0.5) is 0 Å². The summed E-state index contributed by atoms with van der Waals surface area (Å²) in [6.45, 7) is 5.16. The van der Waals surface area contributed by atoms with Gasteiger partial charge in [0.1, 0.15) is 17.1 Å². The van der Waals surface area contributed by atoms with Gasteiger partial charge in [-0.1, -0.05) is 0 Å². The van der Waals surface area contributed by atoms with Gasteiger partial charge in [0.2, 0.25) is 0 Å². The lowest BCUT2D eigenvalue weighted by atomic mass is 9.76. The van der Waals surface area contributed by atoms with Crippen LogP contribution in [0.5, 0.6) is 11.5 Å². The lowest BCUT2D eigenvalue weighted by Crippen LogP contribution is -2.47. The summed E-state index contributed by atoms with van der Waals surface area (Å²) in [6, 6.07) is 6.02. The Morgan fingerprint density at radius 1 is 1.33 bits per heavy atom. The van der Waals surface area contributed by atoms with E-state index in [1.807, 2.05) is 12.1 Å². The quantitative estimate of drug-likeness (QED) is 0.763. The summed E-state index contributed by atoms with van der Waals surface area (Å²) in [5.74, 6) is 2.17. The fraction of sp³-hybridized carbons (Fsp3) is 0.600. The highest BCUT2D eigenvalue weighted by Gasteiger charge is 2.45. The molecule has 1 aromatic rings. The van der Waals surface area contributed by atoms with Gasteiger partial charge in [0.05, 0.1) is 13.2 Å². The minimum atomic E-state index is -0.176. The largest absolute Gasteiger partial charge is 0.497 e. The zero-order chi connectivity index (χ0) is 12.8. The Kier molecular flexibility index (Phi) is 2.74. The normalized spacial score (nSPS) is 28.8. The van der Waals surface area contributed by atoms with Crippen LogP contribution in [0.15, 0.2) is 18.2 Å². The van der Waals surface area contributed by atoms with Crippen LogP contribution in [0, 0.1) is 5.92 Å². The Bertz CT molecular complexity index is 453. The van der Waals surface area contributed by atoms with E-state index in [9.17, 15) is 0 Å². The fourth-order valence-electron chi connectivity index (χ4n) is 3.12. The minimum absolute atomic E-state index is 0.170. The second kappa shape index (κ2) is 4.16. The maximum Gasteiger partial charge on any atom is 0.129 e. The molecule has 0 N–H and O–H groups in total. The van der Waals surface area contributed by atoms with Gasteiger partial charge in [-0.25, -0.2) is 0 Å². The van der Waals surface area contributed by atoms with Crippen LogP contribution < -0.4 is 9.47 Å². The van der Waals surface area contributed by atoms with Crippen molar-refractivity contribution in [3.8, 4) is 11.5 Å². The summed E-state index contributed by atoms with van der Waals surface area (Å²) in [4.78, 5) is 0. The Morgan fingerprint density at radius 3 is 2.94 bits per heavy atom. The van der Waals surface area contributed by atoms with Crippen LogP contribution in [0.3, 0.4) is 0 Å². The predicted molar refractivity (Wildman–Crippen MR) is 69.1 cm³/mol. The van der Waals surface area contributed by atoms with Gasteiger partial charge in [-0.2, -0.15) is 0 Å². The smallest absolute Gasteiger partial charge is 0.129 e. The molecule has 18 heavy (non-hydrogen) atoms. The first kappa shape index (κ1) is 11.8. The molecule has 0 amide bonds. The summed E-state index contributed by atoms with van der Waals surface area (Å²) in [6.07, 6.45) is 2.46. The number of hydrogen-bond acceptors (Lipinski definition) is 3. The lowest BCUT2D eigenvalue weighted by molar-refractivity contribution is -0.116. The number of ether oxygens (including phenoxy) is 3. The van der Waals surface area contributed by atoms with Crippen molar-refractivity contribution in [3.05, 3.63) is 23.8 Å². The van der Waals surface area contributed by atoms with E-state index in [1.54, 1.807) is 7.11 Å². The molecule has 0 radical (unpaired) electrons. The van der Waals surface area contributed by atoms with Crippen LogP contribution in [0.1, 0.15) is 38.4 Å². The van der Waals surface area contributed by atoms with Crippen molar-refractivity contribution in [2.24, 2.45) is 5.92 Å². The molecule has 1 aromatic carbocycles. The third-order valence-electron chi connectivity index (χ3n) is 4.12. The first-order chi connectivity index (χ1) is 8.62. The summed E-state index contributed by atoms with van der Waals surface area (Å²) >= 11 is 0. The highest BCUT2D eigenvalue weighted by molar-refractivity contribution is 5.44. The second-order valence-electron chi connectivity index (χ2n) is 5.65. The minimum Gasteiger partial charge on any atom is -0.497 e. The lowest BCUT2D eigenvalue weighted by Gasteiger charge is -2.47. The predicted octanol–water partition coefficient (Wildman–Crippen LogP) is 3.33. The average molecular weight is 248 g/mol. The molecule has 0 spiro atoms. The molecule has 2 atom stereocenters. The van der Waals surface area contributed by atoms with Gasteiger partial charge >= 0.3 is 0 Å². The Hall–Kier alpha value is -1.22. The fourth-order valence-corrected chi connectivity index (χ4v) is 3.12. The number of methoxy groups -OCH3 is 1. The molecule has 0 aromatic heterocycles. The van der Waals surface area contributed by atoms with Gasteiger partial charge in [0.25, 0.3) is 0 Å². The summed E-state index contributed by atoms with van der Waals surface area (Å²) < 4.78 is 17.4. The molecule has 2 aliphatic heterocycles. The van der Waals surface area contributed by atoms with Gasteiger partial charge in [-0.15, -0.1) is 0 Å². The summed E-state index contributed by atoms with van der Waals surface area (Å²) in [5.41, 5.74) is 0.990. The van der Waals surface area contributed by atoms with Crippen molar-refractivity contribution in [3.63, 3.8) is 0 Å². The Morgan fingerprint density at radius 2 is 2.17 bits per heavy atom. The molecule has 0 saturated carbocycles. The average Bonchev–Trinajstić information content (AvgIpc) is 2.38. The van der Waals surface area contributed by atoms with E-state index in [0.29, 0.717) is 5.92 Å². The second-order valence-corrected chi connectivity index (χ2v) is 5.65. The Labute approximate surface area is 108 Å². The third kappa shape index (κ3) is 1.77. The van der Waals surface area contributed by atoms with E-state index in [0.717, 1.165) is 24.5 Å². The number of hydrogen-bond donors (Lipinski definition) is 0. The molecule has 3 nitrogen and oxygen atoms in total. The van der Waals surface area contributed by atoms with Crippen molar-refractivity contribution in [1.82, 2.24) is 0 Å². The van der Waals surface area contributed by atoms with E-state index in [2.05, 4.69) is 19.9 Å². The molecule has 3 rings (SSSR count). The number of benzene rings is 1. The number of fused-ring (bicyclic) bond motifs is 3. The SMILES string of the molecule is COc1ccc2c(c1)OC(C)(C)[C@@H]1CCCO[C@@H]21. The Balaban J connectivity index is 2.05. The van der Waals surface area contributed by atoms with Gasteiger partial charge in [0, 0.05) is 24.2 Å². The van der Waals surface area contributed by atoms with Gasteiger partial charge in [0.15, 0.2) is 0 Å². The van der Waals surface area contributed by atoms with E-state index in [1.165, 1.54) is 12.0 Å². The highest BCUT2D eigenvalue weighted by Crippen LogP contribution is 2.49. The maximum absolute atomic E-state index is 6.17. The zero-order valence-electron chi connectivity index (χ0n) is 11.2. The van der Waals surface area contributed by atoms with E-state index in [4.69, 9.17) is 14.2 Å². The number of rotatable bonds is 1. The molecule has 98 valence electrons. The summed E-state index contributed by atoms with van der Waals surface area (Å²) in [5, 5.41) is 0. The monoisotopic (exact) mass is 248 g/mol. The van der Waals surface area contributed by atoms with Crippen LogP contribution in [-0.2, 0) is 4.74 Å². The van der Waals surface area contributed by atoms with Crippen molar-refractivity contribution >= 4 is 0 Å². The van der Waals surface area contributed by atoms with Crippen molar-refractivity contribution in [2.75, 3.05) is 13.7 Å². The molecule has 1 fully saturated rings. The molecule has 3 heteroatoms. The highest BCUT2D eigenvalue weighted by atomic mass is 16.5. The van der Waals surface area contributed by atoms with Crippen molar-refractivity contribution in [2.45, 2.75) is 38.4 Å². The van der Waals surface area contributed by atoms with Crippen molar-refractivity contribution < 1.29 is 14.2 Å². The molecule has 1 saturated heterocycles. The van der Waals surface area contributed by atoms with Crippen LogP contribution in [0.2, 0.25) is 0 Å². The molecular formula is C15H20O3. The van der Waals surface area contributed by atoms with Crippen LogP contribution in [0.25, 0.3) is 0 Å². The first-order valence-corrected chi connectivity index (χ1v) is 6.60. The maximum atomic E-state index is 6.17. The van der Waals surface area contributed by atoms with Gasteiger partial charge < -0.3 is 14.2 Å². The van der Waals surface area contributed by atoms with Crippen molar-refractivity contribution in [1.29, 1.82) is 0 Å². The third-order valence-corrected chi connectivity index (χ3v) is 4.12. The van der Waals surface area contributed by atoms with E-state index < -0.39 is 0 Å². The standard InChI is InChI=1S/C15H20O3/c1-15(2)12-5-4-8-17-14(12)11-7-6-10(16-3)9-13(11)18-15/h6-7,9,12,14H,4-5,8H2,1-3H3/t12-,14+/m1/s1. The van der Waals surface area contributed by atoms with E-state index >= 15 is 0 Å². The first-order valence-electron chi connectivity index (χ1n) is 6.60. The molecule has 0 unspecified atom stereocenters. The molecule has 0 aliphatic carbocycles. The van der Waals surface area contributed by atoms with Gasteiger partial charge in [-0.05, 0) is 38.8 Å². The molecule has 2 aliphatic rings. The molecule has 0 bridgehead atoms. The summed E-state index contributed by atoms with van der Waals surface area (Å²) in [7, 11) is 1.68. The zero-order valence-corrected chi connectivity index (χ0v) is 11.2. The topological polar surface area (TPSA) is 27.7 Å². The molecular weight excluding hydrogens is 228 g/mol. The van der Waals surface area contributed by atoms with Gasteiger partial charge in [-0.3, -0.25) is 0 Å². The van der Waals surface area contributed by atoms with Crippen LogP contribution in [-0.4, -0.2) is 19.3 Å². The van der Waals surface area contributed by atoms with Crippen LogP contribution >= 0.6 is 0 Å². The van der Waals surface area contributed by atoms with E-state index in [-0.39, 0.29) is 11.7 Å². The molecule has 2 heterocycles.